The van der Waals surface area contributed by atoms with Gasteiger partial charge in [0.15, 0.2) is 5.69 Å². The van der Waals surface area contributed by atoms with E-state index in [0.717, 1.165) is 25.2 Å². The molecule has 1 aliphatic rings. The van der Waals surface area contributed by atoms with Crippen molar-refractivity contribution in [3.05, 3.63) is 17.7 Å². The van der Waals surface area contributed by atoms with E-state index < -0.39 is 0 Å². The third kappa shape index (κ3) is 2.03. The molecule has 0 N–H and O–H groups in total. The molecule has 0 saturated heterocycles. The van der Waals surface area contributed by atoms with Gasteiger partial charge in [0.05, 0.1) is 6.61 Å². The van der Waals surface area contributed by atoms with Gasteiger partial charge in [0.25, 0.3) is 0 Å². The number of hydrogen-bond acceptors (Lipinski definition) is 3. The van der Waals surface area contributed by atoms with Gasteiger partial charge in [0.1, 0.15) is 5.82 Å². The largest absolute Gasteiger partial charge is 0.461 e. The normalized spacial score (nSPS) is 19.7. The minimum atomic E-state index is -0.313. The molecule has 0 saturated carbocycles. The molecule has 0 aliphatic carbocycles. The van der Waals surface area contributed by atoms with E-state index in [1.54, 1.807) is 13.1 Å². The molecule has 1 aliphatic heterocycles. The van der Waals surface area contributed by atoms with Crippen molar-refractivity contribution >= 4 is 5.97 Å². The number of aryl methyl sites for hydroxylation is 1. The molecule has 4 heteroatoms. The summed E-state index contributed by atoms with van der Waals surface area (Å²) in [5, 5.41) is 0. The second-order valence-corrected chi connectivity index (χ2v) is 4.05. The molecule has 0 unspecified atom stereocenters. The highest BCUT2D eigenvalue weighted by atomic mass is 16.5. The number of carbonyl (C=O) groups is 1. The molecule has 1 aromatic heterocycles. The average Bonchev–Trinajstić information content (AvgIpc) is 2.60. The van der Waals surface area contributed by atoms with E-state index in [1.165, 1.54) is 0 Å². The second kappa shape index (κ2) is 4.04. The van der Waals surface area contributed by atoms with Gasteiger partial charge in [0, 0.05) is 19.2 Å². The molecule has 1 aromatic rings. The Balaban J connectivity index is 2.19. The SMILES string of the molecule is CCOC(=O)c1cn2c(n1)C[C@@H](C)CC2. The van der Waals surface area contributed by atoms with Gasteiger partial charge < -0.3 is 9.30 Å². The highest BCUT2D eigenvalue weighted by molar-refractivity contribution is 5.87. The summed E-state index contributed by atoms with van der Waals surface area (Å²) in [6, 6.07) is 0. The van der Waals surface area contributed by atoms with Crippen LogP contribution in [0, 0.1) is 5.92 Å². The van der Waals surface area contributed by atoms with Gasteiger partial charge >= 0.3 is 5.97 Å². The number of imidazole rings is 1. The van der Waals surface area contributed by atoms with Crippen molar-refractivity contribution in [1.82, 2.24) is 9.55 Å². The van der Waals surface area contributed by atoms with Crippen LogP contribution in [0.5, 0.6) is 0 Å². The molecule has 0 radical (unpaired) electrons. The summed E-state index contributed by atoms with van der Waals surface area (Å²) in [6.45, 7) is 5.37. The molecule has 82 valence electrons. The van der Waals surface area contributed by atoms with Crippen LogP contribution >= 0.6 is 0 Å². The molecule has 0 spiro atoms. The van der Waals surface area contributed by atoms with Crippen LogP contribution in [0.15, 0.2) is 6.20 Å². The maximum Gasteiger partial charge on any atom is 0.358 e. The molecule has 0 fully saturated rings. The summed E-state index contributed by atoms with van der Waals surface area (Å²) >= 11 is 0. The lowest BCUT2D eigenvalue weighted by Gasteiger charge is -2.18. The van der Waals surface area contributed by atoms with Crippen molar-refractivity contribution in [2.75, 3.05) is 6.61 Å². The van der Waals surface area contributed by atoms with Crippen molar-refractivity contribution in [3.8, 4) is 0 Å². The van der Waals surface area contributed by atoms with Crippen LogP contribution in [0.4, 0.5) is 0 Å². The van der Waals surface area contributed by atoms with E-state index in [2.05, 4.69) is 16.5 Å². The summed E-state index contributed by atoms with van der Waals surface area (Å²) in [7, 11) is 0. The molecule has 2 heterocycles. The van der Waals surface area contributed by atoms with Crippen molar-refractivity contribution in [2.45, 2.75) is 33.2 Å². The Hall–Kier alpha value is -1.32. The average molecular weight is 208 g/mol. The minimum Gasteiger partial charge on any atom is -0.461 e. The first kappa shape index (κ1) is 10.2. The Morgan fingerprint density at radius 2 is 2.53 bits per heavy atom. The summed E-state index contributed by atoms with van der Waals surface area (Å²) in [6.07, 6.45) is 3.92. The number of nitrogens with zero attached hydrogens (tertiary/aromatic N) is 2. The smallest absolute Gasteiger partial charge is 0.358 e. The molecule has 2 rings (SSSR count). The van der Waals surface area contributed by atoms with Gasteiger partial charge in [-0.25, -0.2) is 9.78 Å². The van der Waals surface area contributed by atoms with Gasteiger partial charge in [-0.05, 0) is 19.3 Å². The van der Waals surface area contributed by atoms with Crippen molar-refractivity contribution < 1.29 is 9.53 Å². The van der Waals surface area contributed by atoms with Gasteiger partial charge in [0.2, 0.25) is 0 Å². The first-order valence-electron chi connectivity index (χ1n) is 5.44. The Bertz CT molecular complexity index is 371. The highest BCUT2D eigenvalue weighted by Crippen LogP contribution is 2.19. The molecular formula is C11H16N2O2. The Kier molecular flexibility index (Phi) is 2.75. The zero-order valence-electron chi connectivity index (χ0n) is 9.19. The lowest BCUT2D eigenvalue weighted by molar-refractivity contribution is 0.0520. The number of ether oxygens (including phenoxy) is 1. The summed E-state index contributed by atoms with van der Waals surface area (Å²) < 4.78 is 6.98. The molecule has 0 aromatic carbocycles. The summed E-state index contributed by atoms with van der Waals surface area (Å²) in [4.78, 5) is 15.8. The highest BCUT2D eigenvalue weighted by Gasteiger charge is 2.20. The number of aromatic nitrogens is 2. The third-order valence-electron chi connectivity index (χ3n) is 2.74. The summed E-state index contributed by atoms with van der Waals surface area (Å²) in [5.74, 6) is 1.36. The fraction of sp³-hybridized carbons (Fsp3) is 0.636. The molecule has 0 amide bonds. The molecule has 15 heavy (non-hydrogen) atoms. The topological polar surface area (TPSA) is 44.1 Å². The lowest BCUT2D eigenvalue weighted by atomic mass is 10.0. The fourth-order valence-electron chi connectivity index (χ4n) is 1.89. The molecular weight excluding hydrogens is 192 g/mol. The first-order valence-corrected chi connectivity index (χ1v) is 5.44. The first-order chi connectivity index (χ1) is 7.20. The zero-order chi connectivity index (χ0) is 10.8. The van der Waals surface area contributed by atoms with E-state index in [9.17, 15) is 4.79 Å². The van der Waals surface area contributed by atoms with Crippen LogP contribution in [0.3, 0.4) is 0 Å². The Morgan fingerprint density at radius 3 is 3.27 bits per heavy atom. The van der Waals surface area contributed by atoms with E-state index in [-0.39, 0.29) is 5.97 Å². The Labute approximate surface area is 89.3 Å². The Morgan fingerprint density at radius 1 is 1.73 bits per heavy atom. The molecule has 0 bridgehead atoms. The third-order valence-corrected chi connectivity index (χ3v) is 2.74. The predicted octanol–water partition coefficient (Wildman–Crippen LogP) is 1.64. The number of esters is 1. The molecule has 4 nitrogen and oxygen atoms in total. The van der Waals surface area contributed by atoms with E-state index >= 15 is 0 Å². The van der Waals surface area contributed by atoms with Gasteiger partial charge in [-0.1, -0.05) is 6.92 Å². The maximum absolute atomic E-state index is 11.4. The van der Waals surface area contributed by atoms with Gasteiger partial charge in [-0.15, -0.1) is 0 Å². The number of rotatable bonds is 2. The number of fused-ring (bicyclic) bond motifs is 1. The number of hydrogen-bond donors (Lipinski definition) is 0. The minimum absolute atomic E-state index is 0.313. The second-order valence-electron chi connectivity index (χ2n) is 4.05. The molecule has 1 atom stereocenters. The van der Waals surface area contributed by atoms with E-state index in [0.29, 0.717) is 18.2 Å². The predicted molar refractivity (Wildman–Crippen MR) is 55.7 cm³/mol. The van der Waals surface area contributed by atoms with Gasteiger partial charge in [-0.3, -0.25) is 0 Å². The van der Waals surface area contributed by atoms with Gasteiger partial charge in [-0.2, -0.15) is 0 Å². The van der Waals surface area contributed by atoms with E-state index in [4.69, 9.17) is 4.74 Å². The van der Waals surface area contributed by atoms with Crippen molar-refractivity contribution in [1.29, 1.82) is 0 Å². The van der Waals surface area contributed by atoms with E-state index in [1.807, 2.05) is 0 Å². The maximum atomic E-state index is 11.4. The lowest BCUT2D eigenvalue weighted by Crippen LogP contribution is -2.16. The van der Waals surface area contributed by atoms with Crippen LogP contribution in [0.2, 0.25) is 0 Å². The van der Waals surface area contributed by atoms with Crippen molar-refractivity contribution in [3.63, 3.8) is 0 Å². The van der Waals surface area contributed by atoms with Crippen LogP contribution in [-0.2, 0) is 17.7 Å². The summed E-state index contributed by atoms with van der Waals surface area (Å²) in [5.41, 5.74) is 0.445. The van der Waals surface area contributed by atoms with Crippen LogP contribution < -0.4 is 0 Å². The van der Waals surface area contributed by atoms with Crippen LogP contribution in [0.25, 0.3) is 0 Å². The number of carbonyl (C=O) groups excluding carboxylic acids is 1. The fourth-order valence-corrected chi connectivity index (χ4v) is 1.89. The monoisotopic (exact) mass is 208 g/mol. The zero-order valence-corrected chi connectivity index (χ0v) is 9.19. The van der Waals surface area contributed by atoms with Crippen LogP contribution in [-0.4, -0.2) is 22.1 Å². The standard InChI is InChI=1S/C11H16N2O2/c1-3-15-11(14)9-7-13-5-4-8(2)6-10(13)12-9/h7-8H,3-6H2,1-2H3/t8-/m0/s1. The quantitative estimate of drug-likeness (QED) is 0.694. The van der Waals surface area contributed by atoms with Crippen molar-refractivity contribution in [2.24, 2.45) is 5.92 Å². The van der Waals surface area contributed by atoms with Crippen LogP contribution in [0.1, 0.15) is 36.6 Å².